The normalized spacial score (nSPS) is 12.8. The lowest BCUT2D eigenvalue weighted by atomic mass is 10.1. The Morgan fingerprint density at radius 3 is 2.59 bits per heavy atom. The van der Waals surface area contributed by atoms with E-state index < -0.39 is 24.0 Å². The highest BCUT2D eigenvalue weighted by Gasteiger charge is 2.23. The van der Waals surface area contributed by atoms with Crippen molar-refractivity contribution in [3.8, 4) is 10.8 Å². The molecule has 0 aliphatic carbocycles. The highest BCUT2D eigenvalue weighted by Crippen LogP contribution is 2.26. The number of ether oxygens (including phenoxy) is 1. The van der Waals surface area contributed by atoms with E-state index in [0.29, 0.717) is 26.4 Å². The van der Waals surface area contributed by atoms with Crippen LogP contribution in [0.3, 0.4) is 0 Å². The summed E-state index contributed by atoms with van der Waals surface area (Å²) in [7, 11) is 0. The first kappa shape index (κ1) is 21.2. The van der Waals surface area contributed by atoms with Crippen molar-refractivity contribution in [1.82, 2.24) is 20.3 Å². The van der Waals surface area contributed by atoms with Gasteiger partial charge in [-0.15, -0.1) is 11.3 Å². The predicted molar refractivity (Wildman–Crippen MR) is 111 cm³/mol. The van der Waals surface area contributed by atoms with Crippen molar-refractivity contribution in [2.45, 2.75) is 26.0 Å². The van der Waals surface area contributed by atoms with Crippen molar-refractivity contribution >= 4 is 46.4 Å². The number of carbonyl (C=O) groups excluding carboxylic acids is 2. The zero-order valence-corrected chi connectivity index (χ0v) is 17.8. The number of thiazole rings is 1. The van der Waals surface area contributed by atoms with Gasteiger partial charge in [-0.3, -0.25) is 4.79 Å². The Bertz CT molecular complexity index is 1030. The molecule has 10 heteroatoms. The molecule has 0 radical (unpaired) electrons. The van der Waals surface area contributed by atoms with Gasteiger partial charge in [0, 0.05) is 27.8 Å². The maximum atomic E-state index is 12.4. The lowest BCUT2D eigenvalue weighted by Gasteiger charge is -2.19. The maximum absolute atomic E-state index is 12.4. The van der Waals surface area contributed by atoms with Crippen molar-refractivity contribution in [2.75, 3.05) is 0 Å². The SMILES string of the molecule is CC(OC(=O)c1csc(-c2ncccn2)n1)C(=O)NC(C)c1ccc(Cl)cc1Cl. The molecule has 7 nitrogen and oxygen atoms in total. The molecule has 0 aliphatic heterocycles. The largest absolute Gasteiger partial charge is 0.448 e. The summed E-state index contributed by atoms with van der Waals surface area (Å²) in [4.78, 5) is 37.1. The van der Waals surface area contributed by atoms with Gasteiger partial charge in [-0.2, -0.15) is 0 Å². The van der Waals surface area contributed by atoms with Crippen LogP contribution in [-0.4, -0.2) is 32.9 Å². The highest BCUT2D eigenvalue weighted by atomic mass is 35.5. The first-order chi connectivity index (χ1) is 13.8. The van der Waals surface area contributed by atoms with Crippen molar-refractivity contribution in [3.63, 3.8) is 0 Å². The average Bonchev–Trinajstić information content (AvgIpc) is 3.19. The van der Waals surface area contributed by atoms with Crippen LogP contribution in [0.25, 0.3) is 10.8 Å². The van der Waals surface area contributed by atoms with Crippen molar-refractivity contribution in [3.05, 3.63) is 63.3 Å². The van der Waals surface area contributed by atoms with Gasteiger partial charge in [0.05, 0.1) is 6.04 Å². The molecular formula is C19H16Cl2N4O3S. The van der Waals surface area contributed by atoms with E-state index in [-0.39, 0.29) is 5.69 Å². The number of rotatable bonds is 6. The fourth-order valence-corrected chi connectivity index (χ4v) is 3.72. The number of hydrogen-bond donors (Lipinski definition) is 1. The molecule has 0 fully saturated rings. The number of carbonyl (C=O) groups is 2. The van der Waals surface area contributed by atoms with Gasteiger partial charge in [-0.1, -0.05) is 29.3 Å². The molecule has 3 rings (SSSR count). The van der Waals surface area contributed by atoms with Gasteiger partial charge in [-0.25, -0.2) is 19.7 Å². The molecule has 1 amide bonds. The summed E-state index contributed by atoms with van der Waals surface area (Å²) in [6.07, 6.45) is 2.15. The van der Waals surface area contributed by atoms with E-state index in [0.717, 1.165) is 0 Å². The smallest absolute Gasteiger partial charge is 0.358 e. The molecule has 150 valence electrons. The molecule has 0 saturated heterocycles. The summed E-state index contributed by atoms with van der Waals surface area (Å²) in [5.41, 5.74) is 0.792. The topological polar surface area (TPSA) is 94.1 Å². The Labute approximate surface area is 181 Å². The van der Waals surface area contributed by atoms with Crippen molar-refractivity contribution < 1.29 is 14.3 Å². The van der Waals surface area contributed by atoms with E-state index in [9.17, 15) is 9.59 Å². The zero-order valence-electron chi connectivity index (χ0n) is 15.4. The molecule has 2 atom stereocenters. The third-order valence-corrected chi connectivity index (χ3v) is 5.31. The van der Waals surface area contributed by atoms with Crippen LogP contribution in [-0.2, 0) is 9.53 Å². The van der Waals surface area contributed by atoms with Crippen molar-refractivity contribution in [1.29, 1.82) is 0 Å². The second kappa shape index (κ2) is 9.30. The third kappa shape index (κ3) is 5.29. The van der Waals surface area contributed by atoms with Gasteiger partial charge in [0.15, 0.2) is 22.6 Å². The number of halogens is 2. The molecule has 1 aromatic carbocycles. The molecular weight excluding hydrogens is 435 g/mol. The standard InChI is InChI=1S/C19H16Cl2N4O3S/c1-10(13-5-4-12(20)8-14(13)21)24-17(26)11(2)28-19(27)15-9-29-18(25-15)16-22-6-3-7-23-16/h3-11H,1-2H3,(H,24,26). The second-order valence-corrected chi connectivity index (χ2v) is 7.76. The lowest BCUT2D eigenvalue weighted by molar-refractivity contribution is -0.129. The summed E-state index contributed by atoms with van der Waals surface area (Å²) in [5, 5.41) is 5.73. The lowest BCUT2D eigenvalue weighted by Crippen LogP contribution is -2.37. The van der Waals surface area contributed by atoms with Crippen LogP contribution in [0, 0.1) is 0 Å². The first-order valence-electron chi connectivity index (χ1n) is 8.54. The van der Waals surface area contributed by atoms with E-state index in [1.54, 1.807) is 43.6 Å². The molecule has 0 bridgehead atoms. The molecule has 0 saturated carbocycles. The van der Waals surface area contributed by atoms with Crippen molar-refractivity contribution in [2.24, 2.45) is 0 Å². The number of esters is 1. The number of amides is 1. The minimum absolute atomic E-state index is 0.0888. The van der Waals surface area contributed by atoms with Gasteiger partial charge in [0.25, 0.3) is 5.91 Å². The Hall–Kier alpha value is -2.55. The van der Waals surface area contributed by atoms with E-state index in [4.69, 9.17) is 27.9 Å². The van der Waals surface area contributed by atoms with Gasteiger partial charge in [0.2, 0.25) is 0 Å². The number of nitrogens with zero attached hydrogens (tertiary/aromatic N) is 3. The summed E-state index contributed by atoms with van der Waals surface area (Å²) in [6.45, 7) is 3.26. The summed E-state index contributed by atoms with van der Waals surface area (Å²) in [6, 6.07) is 6.31. The van der Waals surface area contributed by atoms with E-state index in [2.05, 4.69) is 20.3 Å². The second-order valence-electron chi connectivity index (χ2n) is 6.05. The third-order valence-electron chi connectivity index (χ3n) is 3.91. The predicted octanol–water partition coefficient (Wildman–Crippen LogP) is 4.33. The van der Waals surface area contributed by atoms with Crippen LogP contribution >= 0.6 is 34.5 Å². The summed E-state index contributed by atoms with van der Waals surface area (Å²) < 4.78 is 5.23. The Balaban J connectivity index is 1.60. The van der Waals surface area contributed by atoms with Crippen LogP contribution in [0.15, 0.2) is 42.0 Å². The molecule has 2 aromatic heterocycles. The van der Waals surface area contributed by atoms with Gasteiger partial charge >= 0.3 is 5.97 Å². The van der Waals surface area contributed by atoms with Gasteiger partial charge < -0.3 is 10.1 Å². The number of nitrogens with one attached hydrogen (secondary N) is 1. The van der Waals surface area contributed by atoms with E-state index in [1.165, 1.54) is 23.6 Å². The highest BCUT2D eigenvalue weighted by molar-refractivity contribution is 7.13. The summed E-state index contributed by atoms with van der Waals surface area (Å²) in [5.74, 6) is -0.752. The Morgan fingerprint density at radius 1 is 1.17 bits per heavy atom. The van der Waals surface area contributed by atoms with Crippen LogP contribution in [0.5, 0.6) is 0 Å². The Kier molecular flexibility index (Phi) is 6.79. The van der Waals surface area contributed by atoms with Gasteiger partial charge in [0.1, 0.15) is 0 Å². The number of aromatic nitrogens is 3. The van der Waals surface area contributed by atoms with Gasteiger partial charge in [-0.05, 0) is 37.6 Å². The van der Waals surface area contributed by atoms with Crippen LogP contribution in [0.2, 0.25) is 10.0 Å². The number of hydrogen-bond acceptors (Lipinski definition) is 7. The first-order valence-corrected chi connectivity index (χ1v) is 10.2. The minimum Gasteiger partial charge on any atom is -0.448 e. The molecule has 29 heavy (non-hydrogen) atoms. The number of benzene rings is 1. The fourth-order valence-electron chi connectivity index (χ4n) is 2.42. The van der Waals surface area contributed by atoms with Crippen LogP contribution < -0.4 is 5.32 Å². The summed E-state index contributed by atoms with van der Waals surface area (Å²) >= 11 is 13.3. The van der Waals surface area contributed by atoms with Crippen LogP contribution in [0.1, 0.15) is 35.9 Å². The van der Waals surface area contributed by atoms with E-state index >= 15 is 0 Å². The average molecular weight is 451 g/mol. The zero-order chi connectivity index (χ0) is 21.0. The monoisotopic (exact) mass is 450 g/mol. The fraction of sp³-hybridized carbons (Fsp3) is 0.211. The molecule has 3 aromatic rings. The van der Waals surface area contributed by atoms with E-state index in [1.807, 2.05) is 0 Å². The minimum atomic E-state index is -1.02. The molecule has 0 spiro atoms. The molecule has 1 N–H and O–H groups in total. The maximum Gasteiger partial charge on any atom is 0.358 e. The Morgan fingerprint density at radius 2 is 1.90 bits per heavy atom. The molecule has 2 heterocycles. The molecule has 0 aliphatic rings. The quantitative estimate of drug-likeness (QED) is 0.561. The van der Waals surface area contributed by atoms with Crippen LogP contribution in [0.4, 0.5) is 0 Å². The molecule has 2 unspecified atom stereocenters.